The third kappa shape index (κ3) is 2.78. The van der Waals surface area contributed by atoms with Gasteiger partial charge in [0.15, 0.2) is 0 Å². The van der Waals surface area contributed by atoms with Crippen molar-refractivity contribution in [2.24, 2.45) is 4.99 Å². The molecule has 0 aliphatic heterocycles. The van der Waals surface area contributed by atoms with Crippen LogP contribution in [-0.4, -0.2) is 11.2 Å². The van der Waals surface area contributed by atoms with Gasteiger partial charge in [0.05, 0.1) is 17.6 Å². The molecule has 1 heterocycles. The summed E-state index contributed by atoms with van der Waals surface area (Å²) in [5.74, 6) is 0. The monoisotopic (exact) mass is 224 g/mol. The first kappa shape index (κ1) is 11.5. The van der Waals surface area contributed by atoms with Crippen LogP contribution in [0.3, 0.4) is 0 Å². The van der Waals surface area contributed by atoms with Crippen molar-refractivity contribution in [1.82, 2.24) is 4.98 Å². The Balaban J connectivity index is 2.32. The van der Waals surface area contributed by atoms with Gasteiger partial charge in [-0.1, -0.05) is 24.3 Å². The highest BCUT2D eigenvalue weighted by Crippen LogP contribution is 2.22. The number of hydrogen-bond acceptors (Lipinski definition) is 2. The molecule has 0 spiro atoms. The van der Waals surface area contributed by atoms with Crippen molar-refractivity contribution in [1.29, 1.82) is 0 Å². The number of aromatic nitrogens is 1. The van der Waals surface area contributed by atoms with E-state index in [9.17, 15) is 0 Å². The summed E-state index contributed by atoms with van der Waals surface area (Å²) in [5, 5.41) is 0. The maximum Gasteiger partial charge on any atom is 0.0815 e. The molecule has 17 heavy (non-hydrogen) atoms. The number of nitrogens with zero attached hydrogens (tertiary/aromatic N) is 2. The zero-order valence-corrected chi connectivity index (χ0v) is 10.4. The van der Waals surface area contributed by atoms with Crippen LogP contribution in [0, 0.1) is 20.8 Å². The number of pyridine rings is 1. The third-order valence-corrected chi connectivity index (χ3v) is 2.68. The van der Waals surface area contributed by atoms with Crippen LogP contribution in [0.1, 0.15) is 22.5 Å². The van der Waals surface area contributed by atoms with Gasteiger partial charge in [0, 0.05) is 5.69 Å². The van der Waals surface area contributed by atoms with Crippen molar-refractivity contribution in [3.05, 3.63) is 58.9 Å². The van der Waals surface area contributed by atoms with Crippen molar-refractivity contribution in [3.8, 4) is 0 Å². The molecule has 0 aliphatic carbocycles. The Hall–Kier alpha value is -1.96. The Kier molecular flexibility index (Phi) is 3.33. The van der Waals surface area contributed by atoms with Crippen LogP contribution in [0.5, 0.6) is 0 Å². The van der Waals surface area contributed by atoms with Gasteiger partial charge in [-0.05, 0) is 44.0 Å². The van der Waals surface area contributed by atoms with Gasteiger partial charge in [0.25, 0.3) is 0 Å². The van der Waals surface area contributed by atoms with E-state index in [1.165, 1.54) is 11.1 Å². The summed E-state index contributed by atoms with van der Waals surface area (Å²) in [6, 6.07) is 12.1. The van der Waals surface area contributed by atoms with E-state index in [2.05, 4.69) is 42.0 Å². The predicted molar refractivity (Wildman–Crippen MR) is 72.1 cm³/mol. The molecule has 0 unspecified atom stereocenters. The van der Waals surface area contributed by atoms with E-state index in [1.807, 2.05) is 31.3 Å². The molecule has 2 nitrogen and oxygen atoms in total. The second-order valence-electron chi connectivity index (χ2n) is 4.20. The van der Waals surface area contributed by atoms with E-state index < -0.39 is 0 Å². The second-order valence-corrected chi connectivity index (χ2v) is 4.20. The highest BCUT2D eigenvalue weighted by molar-refractivity contribution is 5.80. The quantitative estimate of drug-likeness (QED) is 0.713. The first-order valence-corrected chi connectivity index (χ1v) is 5.71. The van der Waals surface area contributed by atoms with Gasteiger partial charge < -0.3 is 0 Å². The van der Waals surface area contributed by atoms with Gasteiger partial charge in [-0.15, -0.1) is 0 Å². The molecule has 0 fully saturated rings. The molecular weight excluding hydrogens is 208 g/mol. The van der Waals surface area contributed by atoms with Crippen LogP contribution in [-0.2, 0) is 0 Å². The maximum atomic E-state index is 4.53. The molecule has 0 atom stereocenters. The Morgan fingerprint density at radius 2 is 1.59 bits per heavy atom. The van der Waals surface area contributed by atoms with E-state index >= 15 is 0 Å². The molecule has 2 aromatic rings. The number of hydrogen-bond donors (Lipinski definition) is 0. The first-order valence-electron chi connectivity index (χ1n) is 5.71. The zero-order valence-electron chi connectivity index (χ0n) is 10.4. The minimum atomic E-state index is 0.896. The largest absolute Gasteiger partial charge is 0.254 e. The molecule has 0 aliphatic rings. The normalized spacial score (nSPS) is 11.0. The lowest BCUT2D eigenvalue weighted by Crippen LogP contribution is -1.89. The highest BCUT2D eigenvalue weighted by atomic mass is 14.8. The van der Waals surface area contributed by atoms with Crippen LogP contribution >= 0.6 is 0 Å². The second kappa shape index (κ2) is 4.91. The molecule has 0 saturated heterocycles. The summed E-state index contributed by atoms with van der Waals surface area (Å²) in [6.07, 6.45) is 1.82. The molecular formula is C15H16N2. The molecule has 2 heteroatoms. The molecule has 0 amide bonds. The Labute approximate surface area is 102 Å². The van der Waals surface area contributed by atoms with Crippen molar-refractivity contribution in [2.45, 2.75) is 20.8 Å². The van der Waals surface area contributed by atoms with Crippen molar-refractivity contribution in [2.75, 3.05) is 0 Å². The lowest BCUT2D eigenvalue weighted by molar-refractivity contribution is 1.18. The fourth-order valence-electron chi connectivity index (χ4n) is 1.78. The van der Waals surface area contributed by atoms with Gasteiger partial charge in [-0.2, -0.15) is 0 Å². The summed E-state index contributed by atoms with van der Waals surface area (Å²) >= 11 is 0. The molecule has 0 bridgehead atoms. The van der Waals surface area contributed by atoms with E-state index in [-0.39, 0.29) is 0 Å². The minimum absolute atomic E-state index is 0.896. The fourth-order valence-corrected chi connectivity index (χ4v) is 1.78. The van der Waals surface area contributed by atoms with Gasteiger partial charge in [-0.25, -0.2) is 0 Å². The van der Waals surface area contributed by atoms with E-state index in [0.717, 1.165) is 17.1 Å². The molecule has 0 radical (unpaired) electrons. The van der Waals surface area contributed by atoms with Crippen LogP contribution in [0.15, 0.2) is 41.4 Å². The summed E-state index contributed by atoms with van der Waals surface area (Å²) in [4.78, 5) is 8.93. The molecule has 86 valence electrons. The number of aliphatic imine (C=N–C) groups is 1. The summed E-state index contributed by atoms with van der Waals surface area (Å²) in [6.45, 7) is 6.13. The van der Waals surface area contributed by atoms with Crippen LogP contribution in [0.2, 0.25) is 0 Å². The van der Waals surface area contributed by atoms with Crippen LogP contribution in [0.4, 0.5) is 5.69 Å². The van der Waals surface area contributed by atoms with Gasteiger partial charge in [0.2, 0.25) is 0 Å². The molecule has 2 rings (SSSR count). The standard InChI is InChI=1S/C15H16N2/c1-11-6-4-7-12(2)15(11)16-10-14-9-5-8-13(3)17-14/h4-10H,1-3H3. The van der Waals surface area contributed by atoms with Gasteiger partial charge in [-0.3, -0.25) is 9.98 Å². The summed E-state index contributed by atoms with van der Waals surface area (Å²) in [5.41, 5.74) is 5.32. The number of para-hydroxylation sites is 1. The fraction of sp³-hybridized carbons (Fsp3) is 0.200. The summed E-state index contributed by atoms with van der Waals surface area (Å²) in [7, 11) is 0. The van der Waals surface area contributed by atoms with Crippen LogP contribution < -0.4 is 0 Å². The molecule has 1 aromatic carbocycles. The van der Waals surface area contributed by atoms with E-state index in [4.69, 9.17) is 0 Å². The van der Waals surface area contributed by atoms with Crippen molar-refractivity contribution >= 4 is 11.9 Å². The third-order valence-electron chi connectivity index (χ3n) is 2.68. The van der Waals surface area contributed by atoms with E-state index in [0.29, 0.717) is 0 Å². The summed E-state index contributed by atoms with van der Waals surface area (Å²) < 4.78 is 0. The number of aryl methyl sites for hydroxylation is 3. The highest BCUT2D eigenvalue weighted by Gasteiger charge is 1.98. The lowest BCUT2D eigenvalue weighted by atomic mass is 10.1. The number of rotatable bonds is 2. The average Bonchev–Trinajstić information content (AvgIpc) is 2.28. The molecule has 1 aromatic heterocycles. The van der Waals surface area contributed by atoms with Crippen LogP contribution in [0.25, 0.3) is 0 Å². The molecule has 0 N–H and O–H groups in total. The average molecular weight is 224 g/mol. The Morgan fingerprint density at radius 1 is 0.941 bits per heavy atom. The Morgan fingerprint density at radius 3 is 2.24 bits per heavy atom. The van der Waals surface area contributed by atoms with Gasteiger partial charge in [0.1, 0.15) is 0 Å². The SMILES string of the molecule is Cc1cccc(C=Nc2c(C)cccc2C)n1. The van der Waals surface area contributed by atoms with Crippen molar-refractivity contribution < 1.29 is 0 Å². The van der Waals surface area contributed by atoms with Crippen molar-refractivity contribution in [3.63, 3.8) is 0 Å². The minimum Gasteiger partial charge on any atom is -0.254 e. The number of benzene rings is 1. The topological polar surface area (TPSA) is 25.2 Å². The van der Waals surface area contributed by atoms with E-state index in [1.54, 1.807) is 0 Å². The first-order chi connectivity index (χ1) is 8.16. The zero-order chi connectivity index (χ0) is 12.3. The van der Waals surface area contributed by atoms with Gasteiger partial charge >= 0.3 is 0 Å². The predicted octanol–water partition coefficient (Wildman–Crippen LogP) is 3.76. The lowest BCUT2D eigenvalue weighted by Gasteiger charge is -2.03. The maximum absolute atomic E-state index is 4.53. The molecule has 0 saturated carbocycles. The smallest absolute Gasteiger partial charge is 0.0815 e. The Bertz CT molecular complexity index is 536.